The molecule has 0 N–H and O–H groups in total. The van der Waals surface area contributed by atoms with Crippen LogP contribution in [-0.2, 0) is 11.0 Å². The monoisotopic (exact) mass is 353 g/mol. The summed E-state index contributed by atoms with van der Waals surface area (Å²) in [7, 11) is 0. The van der Waals surface area contributed by atoms with Gasteiger partial charge in [0.05, 0.1) is 17.2 Å². The molecule has 0 aromatic heterocycles. The number of nitrogens with zero attached hydrogens (tertiary/aromatic N) is 3. The Morgan fingerprint density at radius 3 is 2.36 bits per heavy atom. The van der Waals surface area contributed by atoms with Crippen molar-refractivity contribution in [3.63, 3.8) is 0 Å². The van der Waals surface area contributed by atoms with Crippen LogP contribution in [0.1, 0.15) is 38.3 Å². The fourth-order valence-electron chi connectivity index (χ4n) is 2.91. The number of hydrogen-bond acceptors (Lipinski definition) is 3. The zero-order chi connectivity index (χ0) is 18.8. The van der Waals surface area contributed by atoms with Gasteiger partial charge in [-0.3, -0.25) is 4.79 Å². The molecule has 1 amide bonds. The molecule has 0 saturated carbocycles. The lowest BCUT2D eigenvalue weighted by atomic mass is 9.94. The Balaban J connectivity index is 2.21. The second kappa shape index (κ2) is 6.95. The van der Waals surface area contributed by atoms with Crippen LogP contribution in [0, 0.1) is 16.7 Å². The van der Waals surface area contributed by atoms with Crippen LogP contribution in [0.3, 0.4) is 0 Å². The number of amides is 1. The third-order valence-corrected chi connectivity index (χ3v) is 4.22. The van der Waals surface area contributed by atoms with Crippen LogP contribution in [0.15, 0.2) is 18.2 Å². The molecular weight excluding hydrogens is 331 g/mol. The van der Waals surface area contributed by atoms with Crippen LogP contribution in [-0.4, -0.2) is 37.0 Å². The number of alkyl halides is 3. The molecule has 2 rings (SSSR count). The lowest BCUT2D eigenvalue weighted by molar-refractivity contribution is -0.139. The molecule has 1 aliphatic heterocycles. The molecule has 1 aromatic rings. The highest BCUT2D eigenvalue weighted by atomic mass is 19.4. The topological polar surface area (TPSA) is 47.3 Å². The van der Waals surface area contributed by atoms with Crippen LogP contribution >= 0.6 is 0 Å². The molecule has 136 valence electrons. The van der Waals surface area contributed by atoms with Crippen LogP contribution < -0.4 is 4.90 Å². The van der Waals surface area contributed by atoms with E-state index in [9.17, 15) is 18.0 Å². The Morgan fingerprint density at radius 1 is 1.12 bits per heavy atom. The van der Waals surface area contributed by atoms with Crippen molar-refractivity contribution >= 4 is 11.6 Å². The van der Waals surface area contributed by atoms with Crippen molar-refractivity contribution < 1.29 is 18.0 Å². The van der Waals surface area contributed by atoms with Crippen molar-refractivity contribution in [1.29, 1.82) is 5.26 Å². The summed E-state index contributed by atoms with van der Waals surface area (Å²) < 4.78 is 39.4. The summed E-state index contributed by atoms with van der Waals surface area (Å²) in [5, 5.41) is 8.89. The van der Waals surface area contributed by atoms with Gasteiger partial charge in [0.2, 0.25) is 5.91 Å². The first-order chi connectivity index (χ1) is 11.5. The summed E-state index contributed by atoms with van der Waals surface area (Å²) in [6.07, 6.45) is -3.88. The number of carbonyl (C=O) groups excluding carboxylic acids is 1. The maximum atomic E-state index is 13.1. The van der Waals surface area contributed by atoms with Crippen LogP contribution in [0.25, 0.3) is 0 Å². The minimum Gasteiger partial charge on any atom is -0.370 e. The van der Waals surface area contributed by atoms with Crippen molar-refractivity contribution in [3.8, 4) is 6.07 Å². The standard InChI is InChI=1S/C18H22F3N3O/c1-17(2,3)16(25)24-8-4-7-23(9-10-24)14-6-5-13(12-22)15(11-14)18(19,20)21/h5-6,11H,4,7-10H2,1-3H3. The Kier molecular flexibility index (Phi) is 5.31. The zero-order valence-corrected chi connectivity index (χ0v) is 14.7. The highest BCUT2D eigenvalue weighted by Gasteiger charge is 2.34. The molecule has 0 bridgehead atoms. The highest BCUT2D eigenvalue weighted by Crippen LogP contribution is 2.34. The quantitative estimate of drug-likeness (QED) is 0.774. The fraction of sp³-hybridized carbons (Fsp3) is 0.556. The van der Waals surface area contributed by atoms with Gasteiger partial charge < -0.3 is 9.80 Å². The van der Waals surface area contributed by atoms with Crippen molar-refractivity contribution in [1.82, 2.24) is 4.90 Å². The first-order valence-electron chi connectivity index (χ1n) is 8.19. The molecule has 1 aliphatic rings. The Labute approximate surface area is 145 Å². The van der Waals surface area contributed by atoms with Crippen molar-refractivity contribution in [2.75, 3.05) is 31.1 Å². The van der Waals surface area contributed by atoms with Gasteiger partial charge in [-0.2, -0.15) is 18.4 Å². The predicted octanol–water partition coefficient (Wildman–Crippen LogP) is 3.66. The molecule has 0 spiro atoms. The second-order valence-corrected chi connectivity index (χ2v) is 7.22. The van der Waals surface area contributed by atoms with E-state index in [0.29, 0.717) is 38.3 Å². The average molecular weight is 353 g/mol. The highest BCUT2D eigenvalue weighted by molar-refractivity contribution is 5.81. The fourth-order valence-corrected chi connectivity index (χ4v) is 2.91. The number of carbonyl (C=O) groups is 1. The summed E-state index contributed by atoms with van der Waals surface area (Å²) in [6, 6.07) is 5.37. The molecule has 0 aliphatic carbocycles. The van der Waals surface area contributed by atoms with Crippen molar-refractivity contribution in [2.45, 2.75) is 33.4 Å². The van der Waals surface area contributed by atoms with Crippen LogP contribution in [0.2, 0.25) is 0 Å². The number of hydrogen-bond donors (Lipinski definition) is 0. The van der Waals surface area contributed by atoms with E-state index >= 15 is 0 Å². The minimum absolute atomic E-state index is 0.0464. The molecule has 25 heavy (non-hydrogen) atoms. The molecule has 0 radical (unpaired) electrons. The molecule has 4 nitrogen and oxygen atoms in total. The SMILES string of the molecule is CC(C)(C)C(=O)N1CCCN(c2ccc(C#N)c(C(F)(F)F)c2)CC1. The number of rotatable bonds is 1. The minimum atomic E-state index is -4.57. The molecular formula is C18H22F3N3O. The van der Waals surface area contributed by atoms with E-state index in [1.807, 2.05) is 25.7 Å². The summed E-state index contributed by atoms with van der Waals surface area (Å²) in [4.78, 5) is 16.0. The Morgan fingerprint density at radius 2 is 1.80 bits per heavy atom. The van der Waals surface area contributed by atoms with Gasteiger partial charge in [-0.05, 0) is 24.6 Å². The van der Waals surface area contributed by atoms with Gasteiger partial charge in [-0.25, -0.2) is 0 Å². The van der Waals surface area contributed by atoms with E-state index < -0.39 is 17.2 Å². The third kappa shape index (κ3) is 4.44. The Hall–Kier alpha value is -2.23. The molecule has 0 unspecified atom stereocenters. The summed E-state index contributed by atoms with van der Waals surface area (Å²) in [6.45, 7) is 7.66. The lowest BCUT2D eigenvalue weighted by Gasteiger charge is -2.29. The first kappa shape index (κ1) is 19.1. The van der Waals surface area contributed by atoms with E-state index in [2.05, 4.69) is 0 Å². The van der Waals surface area contributed by atoms with E-state index in [-0.39, 0.29) is 11.5 Å². The van der Waals surface area contributed by atoms with Gasteiger partial charge in [-0.15, -0.1) is 0 Å². The van der Waals surface area contributed by atoms with Crippen LogP contribution in [0.4, 0.5) is 18.9 Å². The number of anilines is 1. The van der Waals surface area contributed by atoms with Gasteiger partial charge >= 0.3 is 6.18 Å². The number of nitriles is 1. The van der Waals surface area contributed by atoms with Gasteiger partial charge in [0.15, 0.2) is 0 Å². The number of halogens is 3. The molecule has 1 saturated heterocycles. The van der Waals surface area contributed by atoms with Crippen molar-refractivity contribution in [2.24, 2.45) is 5.41 Å². The summed E-state index contributed by atoms with van der Waals surface area (Å²) in [5.74, 6) is 0.0464. The zero-order valence-electron chi connectivity index (χ0n) is 14.7. The van der Waals surface area contributed by atoms with Gasteiger partial charge in [0.1, 0.15) is 0 Å². The molecule has 0 atom stereocenters. The maximum absolute atomic E-state index is 13.1. The normalized spacial score (nSPS) is 16.4. The molecule has 1 aromatic carbocycles. The number of benzene rings is 1. The summed E-state index contributed by atoms with van der Waals surface area (Å²) >= 11 is 0. The van der Waals surface area contributed by atoms with E-state index in [4.69, 9.17) is 5.26 Å². The van der Waals surface area contributed by atoms with E-state index in [1.165, 1.54) is 12.1 Å². The summed E-state index contributed by atoms with van der Waals surface area (Å²) in [5.41, 5.74) is -1.35. The van der Waals surface area contributed by atoms with Crippen LogP contribution in [0.5, 0.6) is 0 Å². The smallest absolute Gasteiger partial charge is 0.370 e. The maximum Gasteiger partial charge on any atom is 0.417 e. The van der Waals surface area contributed by atoms with E-state index in [1.54, 1.807) is 11.0 Å². The Bertz CT molecular complexity index is 686. The van der Waals surface area contributed by atoms with E-state index in [0.717, 1.165) is 6.07 Å². The molecule has 7 heteroatoms. The second-order valence-electron chi connectivity index (χ2n) is 7.22. The van der Waals surface area contributed by atoms with Gasteiger partial charge in [-0.1, -0.05) is 20.8 Å². The first-order valence-corrected chi connectivity index (χ1v) is 8.19. The van der Waals surface area contributed by atoms with Crippen molar-refractivity contribution in [3.05, 3.63) is 29.3 Å². The average Bonchev–Trinajstić information content (AvgIpc) is 2.77. The lowest BCUT2D eigenvalue weighted by Crippen LogP contribution is -2.41. The molecule has 1 fully saturated rings. The third-order valence-electron chi connectivity index (χ3n) is 4.22. The van der Waals surface area contributed by atoms with Gasteiger partial charge in [0.25, 0.3) is 0 Å². The molecule has 1 heterocycles. The van der Waals surface area contributed by atoms with Gasteiger partial charge in [0, 0.05) is 37.3 Å². The largest absolute Gasteiger partial charge is 0.417 e. The predicted molar refractivity (Wildman–Crippen MR) is 89.0 cm³/mol.